The molecule has 0 rings (SSSR count). The molecule has 0 aromatic rings. The summed E-state index contributed by atoms with van der Waals surface area (Å²) >= 11 is 0. The Balaban J connectivity index is 4.92. The van der Waals surface area contributed by atoms with Crippen molar-refractivity contribution in [2.45, 2.75) is 56.7 Å². The van der Waals surface area contributed by atoms with E-state index in [1.54, 1.807) is 0 Å². The van der Waals surface area contributed by atoms with Crippen LogP contribution in [0.25, 0.3) is 0 Å². The van der Waals surface area contributed by atoms with Gasteiger partial charge in [0.25, 0.3) is 0 Å². The zero-order valence-electron chi connectivity index (χ0n) is 18.4. The van der Waals surface area contributed by atoms with E-state index in [1.165, 1.54) is 0 Å². The van der Waals surface area contributed by atoms with Gasteiger partial charge in [-0.05, 0) is 32.2 Å². The molecule has 0 radical (unpaired) electrons. The molecule has 14 N–H and O–H groups in total. The molecule has 0 unspecified atom stereocenters. The van der Waals surface area contributed by atoms with Gasteiger partial charge in [-0.25, -0.2) is 0 Å². The second-order valence-electron chi connectivity index (χ2n) is 7.27. The van der Waals surface area contributed by atoms with Gasteiger partial charge >= 0.3 is 5.97 Å². The van der Waals surface area contributed by atoms with Gasteiger partial charge in [0.05, 0.1) is 19.0 Å². The molecule has 0 aliphatic carbocycles. The van der Waals surface area contributed by atoms with Crippen molar-refractivity contribution in [2.75, 3.05) is 19.6 Å². The molecule has 0 saturated carbocycles. The van der Waals surface area contributed by atoms with Gasteiger partial charge in [0, 0.05) is 6.54 Å². The molecule has 33 heavy (non-hydrogen) atoms. The smallest absolute Gasteiger partial charge is 0.305 e. The minimum atomic E-state index is -1.44. The highest BCUT2D eigenvalue weighted by Crippen LogP contribution is 2.02. The zero-order valence-corrected chi connectivity index (χ0v) is 18.4. The summed E-state index contributed by atoms with van der Waals surface area (Å²) in [6, 6.07) is -3.32. The number of nitrogens with two attached hydrogens (primary N) is 4. The number of unbranched alkanes of at least 4 members (excludes halogenated alkanes) is 1. The molecule has 0 saturated heterocycles. The largest absolute Gasteiger partial charge is 0.481 e. The number of amides is 4. The maximum absolute atomic E-state index is 12.6. The lowest BCUT2D eigenvalue weighted by Crippen LogP contribution is -2.54. The Morgan fingerprint density at radius 1 is 0.879 bits per heavy atom. The number of hydrogen-bond donors (Lipinski definition) is 10. The van der Waals surface area contributed by atoms with E-state index >= 15 is 0 Å². The van der Waals surface area contributed by atoms with Crippen LogP contribution in [0.5, 0.6) is 0 Å². The van der Waals surface area contributed by atoms with Crippen molar-refractivity contribution in [3.05, 3.63) is 0 Å². The Labute approximate surface area is 191 Å². The molecule has 0 aliphatic heterocycles. The number of aliphatic carboxylic acids is 1. The summed E-state index contributed by atoms with van der Waals surface area (Å²) < 4.78 is 0. The summed E-state index contributed by atoms with van der Waals surface area (Å²) in [6.45, 7) is 0.157. The first-order valence-corrected chi connectivity index (χ1v) is 10.4. The summed E-state index contributed by atoms with van der Waals surface area (Å²) in [5, 5.41) is 25.4. The SMILES string of the molecule is N=C(N)NCCC[C@H](NC(=O)[C@@H](N)CCCCN)C(=O)NCC(=O)N[C@@H](CC(=O)O)C(N)=O. The summed E-state index contributed by atoms with van der Waals surface area (Å²) in [6.07, 6.45) is 1.52. The van der Waals surface area contributed by atoms with Crippen molar-refractivity contribution < 1.29 is 29.1 Å². The van der Waals surface area contributed by atoms with Gasteiger partial charge in [0.2, 0.25) is 23.6 Å². The predicted molar refractivity (Wildman–Crippen MR) is 118 cm³/mol. The first-order valence-electron chi connectivity index (χ1n) is 10.4. The monoisotopic (exact) mass is 473 g/mol. The van der Waals surface area contributed by atoms with Crippen LogP contribution in [0, 0.1) is 5.41 Å². The number of hydrogen-bond acceptors (Lipinski definition) is 8. The first kappa shape index (κ1) is 29.5. The molecular formula is C18H35N9O6. The fourth-order valence-electron chi connectivity index (χ4n) is 2.65. The van der Waals surface area contributed by atoms with E-state index in [1.807, 2.05) is 0 Å². The highest BCUT2D eigenvalue weighted by Gasteiger charge is 2.25. The van der Waals surface area contributed by atoms with Crippen LogP contribution in [0.3, 0.4) is 0 Å². The molecule has 4 amide bonds. The maximum Gasteiger partial charge on any atom is 0.305 e. The van der Waals surface area contributed by atoms with Crippen LogP contribution in [0.4, 0.5) is 0 Å². The van der Waals surface area contributed by atoms with E-state index < -0.39 is 60.7 Å². The Morgan fingerprint density at radius 3 is 2.09 bits per heavy atom. The molecule has 0 spiro atoms. The number of carbonyl (C=O) groups is 5. The van der Waals surface area contributed by atoms with E-state index in [0.717, 1.165) is 0 Å². The zero-order chi connectivity index (χ0) is 25.4. The van der Waals surface area contributed by atoms with Gasteiger partial charge in [0.15, 0.2) is 5.96 Å². The predicted octanol–water partition coefficient (Wildman–Crippen LogP) is -4.25. The van der Waals surface area contributed by atoms with Crippen LogP contribution >= 0.6 is 0 Å². The minimum absolute atomic E-state index is 0.151. The number of carboxylic acid groups (broad SMARTS) is 1. The molecule has 15 heteroatoms. The number of rotatable bonds is 17. The van der Waals surface area contributed by atoms with Crippen LogP contribution in [0.2, 0.25) is 0 Å². The lowest BCUT2D eigenvalue weighted by atomic mass is 10.1. The summed E-state index contributed by atoms with van der Waals surface area (Å²) in [5.41, 5.74) is 21.5. The van der Waals surface area contributed by atoms with E-state index in [2.05, 4.69) is 21.3 Å². The lowest BCUT2D eigenvalue weighted by Gasteiger charge is -2.21. The number of guanidine groups is 1. The minimum Gasteiger partial charge on any atom is -0.481 e. The Kier molecular flexibility index (Phi) is 14.5. The molecule has 0 aromatic heterocycles. The van der Waals surface area contributed by atoms with E-state index in [9.17, 15) is 24.0 Å². The number of carbonyl (C=O) groups excluding carboxylic acids is 4. The summed E-state index contributed by atoms with van der Waals surface area (Å²) in [4.78, 5) is 58.9. The van der Waals surface area contributed by atoms with Crippen LogP contribution in [0.15, 0.2) is 0 Å². The second kappa shape index (κ2) is 16.2. The molecule has 0 aromatic carbocycles. The van der Waals surface area contributed by atoms with Crippen molar-refractivity contribution in [3.8, 4) is 0 Å². The molecule has 15 nitrogen and oxygen atoms in total. The van der Waals surface area contributed by atoms with Crippen molar-refractivity contribution in [1.29, 1.82) is 5.41 Å². The highest BCUT2D eigenvalue weighted by atomic mass is 16.4. The molecule has 0 fully saturated rings. The Bertz CT molecular complexity index is 703. The molecule has 188 valence electrons. The molecular weight excluding hydrogens is 438 g/mol. The van der Waals surface area contributed by atoms with Gasteiger partial charge in [-0.1, -0.05) is 6.42 Å². The topological polar surface area (TPSA) is 282 Å². The van der Waals surface area contributed by atoms with Crippen LogP contribution in [-0.2, 0) is 24.0 Å². The second-order valence-corrected chi connectivity index (χ2v) is 7.27. The van der Waals surface area contributed by atoms with E-state index in [0.29, 0.717) is 32.2 Å². The third-order valence-electron chi connectivity index (χ3n) is 4.40. The lowest BCUT2D eigenvalue weighted by molar-refractivity contribution is -0.140. The first-order chi connectivity index (χ1) is 15.5. The van der Waals surface area contributed by atoms with Crippen molar-refractivity contribution >= 4 is 35.6 Å². The quantitative estimate of drug-likeness (QED) is 0.0551. The van der Waals surface area contributed by atoms with Crippen molar-refractivity contribution in [3.63, 3.8) is 0 Å². The van der Waals surface area contributed by atoms with E-state index in [4.69, 9.17) is 33.5 Å². The molecule has 0 aliphatic rings. The van der Waals surface area contributed by atoms with Crippen LogP contribution in [0.1, 0.15) is 38.5 Å². The van der Waals surface area contributed by atoms with Crippen molar-refractivity contribution in [1.82, 2.24) is 21.3 Å². The van der Waals surface area contributed by atoms with Gasteiger partial charge in [-0.3, -0.25) is 29.4 Å². The Morgan fingerprint density at radius 2 is 1.55 bits per heavy atom. The van der Waals surface area contributed by atoms with Crippen LogP contribution < -0.4 is 44.2 Å². The summed E-state index contributed by atoms with van der Waals surface area (Å²) in [5.74, 6) is -4.70. The van der Waals surface area contributed by atoms with Crippen molar-refractivity contribution in [2.24, 2.45) is 22.9 Å². The maximum atomic E-state index is 12.6. The fourth-order valence-corrected chi connectivity index (χ4v) is 2.65. The molecule has 0 bridgehead atoms. The molecule has 3 atom stereocenters. The average molecular weight is 474 g/mol. The van der Waals surface area contributed by atoms with Gasteiger partial charge in [0.1, 0.15) is 12.1 Å². The van der Waals surface area contributed by atoms with Gasteiger partial charge in [-0.15, -0.1) is 0 Å². The standard InChI is InChI=1S/C18H35N9O6/c19-6-2-1-4-10(20)16(32)27-11(5-3-7-24-18(22)23)17(33)25-9-13(28)26-12(15(21)31)8-14(29)30/h10-12H,1-9,19-20H2,(H2,21,31)(H,25,33)(H,26,28)(H,27,32)(H,29,30)(H4,22,23,24)/t10-,11-,12-/m0/s1. The number of primary amides is 1. The number of carboxylic acids is 1. The molecule has 0 heterocycles. The highest BCUT2D eigenvalue weighted by molar-refractivity contribution is 5.93. The average Bonchev–Trinajstić information content (AvgIpc) is 2.72. The normalized spacial score (nSPS) is 13.2. The van der Waals surface area contributed by atoms with E-state index in [-0.39, 0.29) is 18.9 Å². The third-order valence-corrected chi connectivity index (χ3v) is 4.40. The van der Waals surface area contributed by atoms with Gasteiger partial charge in [-0.2, -0.15) is 0 Å². The fraction of sp³-hybridized carbons (Fsp3) is 0.667. The third kappa shape index (κ3) is 14.3. The number of nitrogens with one attached hydrogen (secondary N) is 5. The summed E-state index contributed by atoms with van der Waals surface area (Å²) in [7, 11) is 0. The van der Waals surface area contributed by atoms with Crippen LogP contribution in [-0.4, -0.2) is 78.4 Å². The van der Waals surface area contributed by atoms with Gasteiger partial charge < -0.3 is 49.3 Å². The Hall–Kier alpha value is -3.46.